The van der Waals surface area contributed by atoms with E-state index in [1.807, 2.05) is 18.2 Å². The topological polar surface area (TPSA) is 68.0 Å². The molecule has 0 bridgehead atoms. The summed E-state index contributed by atoms with van der Waals surface area (Å²) in [6, 6.07) is 11.6. The molecule has 1 fully saturated rings. The van der Waals surface area contributed by atoms with Crippen LogP contribution in [0.15, 0.2) is 48.8 Å². The van der Waals surface area contributed by atoms with Gasteiger partial charge in [0.05, 0.1) is 0 Å². The quantitative estimate of drug-likeness (QED) is 0.895. The number of rotatable bonds is 4. The van der Waals surface area contributed by atoms with Crippen molar-refractivity contribution in [3.05, 3.63) is 64.9 Å². The normalized spacial score (nSPS) is 23.7. The van der Waals surface area contributed by atoms with E-state index < -0.39 is 0 Å². The van der Waals surface area contributed by atoms with Crippen molar-refractivity contribution >= 4 is 17.5 Å². The predicted molar refractivity (Wildman–Crippen MR) is 96.1 cm³/mol. The maximum Gasteiger partial charge on any atom is 0.251 e. The van der Waals surface area contributed by atoms with Gasteiger partial charge in [-0.1, -0.05) is 23.7 Å². The van der Waals surface area contributed by atoms with Crippen molar-refractivity contribution in [3.63, 3.8) is 0 Å². The number of nitrogens with one attached hydrogen (secondary N) is 1. The second kappa shape index (κ2) is 7.32. The summed E-state index contributed by atoms with van der Waals surface area (Å²) in [4.78, 5) is 16.2. The highest BCUT2D eigenvalue weighted by atomic mass is 35.5. The average Bonchev–Trinajstić information content (AvgIpc) is 2.63. The van der Waals surface area contributed by atoms with Crippen LogP contribution < -0.4 is 11.1 Å². The van der Waals surface area contributed by atoms with E-state index in [0.717, 1.165) is 30.7 Å². The molecule has 2 aromatic rings. The summed E-state index contributed by atoms with van der Waals surface area (Å²) in [5.74, 6) is -0.0367. The summed E-state index contributed by atoms with van der Waals surface area (Å²) in [6.07, 6.45) is 7.00. The van der Waals surface area contributed by atoms with Gasteiger partial charge in [-0.25, -0.2) is 0 Å². The molecule has 0 unspecified atom stereocenters. The highest BCUT2D eigenvalue weighted by Crippen LogP contribution is 2.39. The number of carbonyl (C=O) groups is 1. The zero-order valence-electron chi connectivity index (χ0n) is 13.5. The number of nitrogens with two attached hydrogens (primary N) is 1. The van der Waals surface area contributed by atoms with Crippen molar-refractivity contribution in [1.29, 1.82) is 0 Å². The number of aromatic nitrogens is 1. The van der Waals surface area contributed by atoms with Gasteiger partial charge in [0.1, 0.15) is 0 Å². The average molecular weight is 344 g/mol. The second-order valence-electron chi connectivity index (χ2n) is 6.48. The molecule has 1 aliphatic carbocycles. The fourth-order valence-corrected chi connectivity index (χ4v) is 3.71. The van der Waals surface area contributed by atoms with Crippen molar-refractivity contribution < 1.29 is 4.79 Å². The van der Waals surface area contributed by atoms with E-state index >= 15 is 0 Å². The Labute approximate surface area is 147 Å². The summed E-state index contributed by atoms with van der Waals surface area (Å²) in [5.41, 5.74) is 7.94. The molecule has 0 saturated heterocycles. The maximum atomic E-state index is 12.3. The lowest BCUT2D eigenvalue weighted by molar-refractivity contribution is 0.0918. The lowest BCUT2D eigenvalue weighted by atomic mass is 9.68. The predicted octanol–water partition coefficient (Wildman–Crippen LogP) is 3.30. The summed E-state index contributed by atoms with van der Waals surface area (Å²) >= 11 is 6.15. The molecular weight excluding hydrogens is 322 g/mol. The molecule has 4 nitrogen and oxygen atoms in total. The molecule has 24 heavy (non-hydrogen) atoms. The number of hydrogen-bond donors (Lipinski definition) is 2. The highest BCUT2D eigenvalue weighted by molar-refractivity contribution is 6.30. The Hall–Kier alpha value is -1.91. The van der Waals surface area contributed by atoms with Gasteiger partial charge in [-0.15, -0.1) is 0 Å². The van der Waals surface area contributed by atoms with Crippen LogP contribution in [0.3, 0.4) is 0 Å². The van der Waals surface area contributed by atoms with Crippen molar-refractivity contribution in [2.75, 3.05) is 6.54 Å². The van der Waals surface area contributed by atoms with Crippen LogP contribution in [-0.2, 0) is 5.41 Å². The van der Waals surface area contributed by atoms with Crippen LogP contribution in [0.4, 0.5) is 0 Å². The number of amides is 1. The van der Waals surface area contributed by atoms with E-state index in [-0.39, 0.29) is 17.4 Å². The molecule has 5 heteroatoms. The molecule has 1 saturated carbocycles. The standard InChI is InChI=1S/C19H22ClN3O/c20-16-3-1-2-15(12-16)19(13-21)8-4-17(5-9-19)23-18(24)14-6-10-22-11-7-14/h1-3,6-7,10-12,17H,4-5,8-9,13,21H2,(H,23,24). The Morgan fingerprint density at radius 3 is 2.58 bits per heavy atom. The number of carbonyl (C=O) groups excluding carboxylic acids is 1. The first-order valence-corrected chi connectivity index (χ1v) is 8.68. The van der Waals surface area contributed by atoms with Crippen LogP contribution in [-0.4, -0.2) is 23.5 Å². The molecule has 0 spiro atoms. The first-order valence-electron chi connectivity index (χ1n) is 8.30. The van der Waals surface area contributed by atoms with Crippen molar-refractivity contribution in [1.82, 2.24) is 10.3 Å². The van der Waals surface area contributed by atoms with Gasteiger partial charge in [0.25, 0.3) is 5.91 Å². The summed E-state index contributed by atoms with van der Waals surface area (Å²) in [6.45, 7) is 0.596. The molecule has 1 heterocycles. The van der Waals surface area contributed by atoms with Gasteiger partial charge in [0.2, 0.25) is 0 Å². The van der Waals surface area contributed by atoms with Crippen molar-refractivity contribution in [2.45, 2.75) is 37.1 Å². The van der Waals surface area contributed by atoms with Gasteiger partial charge < -0.3 is 11.1 Å². The van der Waals surface area contributed by atoms with Crippen molar-refractivity contribution in [3.8, 4) is 0 Å². The molecule has 0 atom stereocenters. The lowest BCUT2D eigenvalue weighted by Crippen LogP contribution is -2.45. The molecule has 126 valence electrons. The van der Waals surface area contributed by atoms with Crippen LogP contribution in [0, 0.1) is 0 Å². The summed E-state index contributed by atoms with van der Waals surface area (Å²) in [7, 11) is 0. The third-order valence-electron chi connectivity index (χ3n) is 5.05. The fraction of sp³-hybridized carbons (Fsp3) is 0.368. The zero-order valence-corrected chi connectivity index (χ0v) is 14.3. The number of benzene rings is 1. The van der Waals surface area contributed by atoms with Gasteiger partial charge in [0.15, 0.2) is 0 Å². The van der Waals surface area contributed by atoms with E-state index in [1.165, 1.54) is 5.56 Å². The molecular formula is C19H22ClN3O. The summed E-state index contributed by atoms with van der Waals surface area (Å²) in [5, 5.41) is 3.87. The molecule has 0 aliphatic heterocycles. The molecule has 3 N–H and O–H groups in total. The Bertz CT molecular complexity index is 697. The van der Waals surface area contributed by atoms with Gasteiger partial charge in [0, 0.05) is 41.0 Å². The Morgan fingerprint density at radius 2 is 1.96 bits per heavy atom. The molecule has 1 aromatic heterocycles. The van der Waals surface area contributed by atoms with Crippen LogP contribution in [0.2, 0.25) is 5.02 Å². The monoisotopic (exact) mass is 343 g/mol. The molecule has 0 radical (unpaired) electrons. The smallest absolute Gasteiger partial charge is 0.251 e. The van der Waals surface area contributed by atoms with Gasteiger partial charge in [-0.05, 0) is 55.5 Å². The van der Waals surface area contributed by atoms with Gasteiger partial charge in [-0.2, -0.15) is 0 Å². The first-order chi connectivity index (χ1) is 11.6. The van der Waals surface area contributed by atoms with Crippen LogP contribution in [0.25, 0.3) is 0 Å². The minimum Gasteiger partial charge on any atom is -0.349 e. The van der Waals surface area contributed by atoms with Gasteiger partial charge >= 0.3 is 0 Å². The molecule has 1 aliphatic rings. The van der Waals surface area contributed by atoms with E-state index in [9.17, 15) is 4.79 Å². The van der Waals surface area contributed by atoms with Crippen LogP contribution >= 0.6 is 11.6 Å². The fourth-order valence-electron chi connectivity index (χ4n) is 3.52. The van der Waals surface area contributed by atoms with Crippen LogP contribution in [0.1, 0.15) is 41.6 Å². The number of pyridine rings is 1. The van der Waals surface area contributed by atoms with E-state index in [4.69, 9.17) is 17.3 Å². The summed E-state index contributed by atoms with van der Waals surface area (Å²) < 4.78 is 0. The van der Waals surface area contributed by atoms with E-state index in [0.29, 0.717) is 12.1 Å². The second-order valence-corrected chi connectivity index (χ2v) is 6.91. The maximum absolute atomic E-state index is 12.3. The van der Waals surface area contributed by atoms with E-state index in [2.05, 4.69) is 16.4 Å². The minimum atomic E-state index is -0.0389. The molecule has 3 rings (SSSR count). The number of halogens is 1. The minimum absolute atomic E-state index is 0.0367. The Balaban J connectivity index is 1.65. The third-order valence-corrected chi connectivity index (χ3v) is 5.28. The number of nitrogens with zero attached hydrogens (tertiary/aromatic N) is 1. The highest BCUT2D eigenvalue weighted by Gasteiger charge is 2.36. The zero-order chi connectivity index (χ0) is 17.0. The third kappa shape index (κ3) is 3.60. The molecule has 1 aromatic carbocycles. The SMILES string of the molecule is NCC1(c2cccc(Cl)c2)CCC(NC(=O)c2ccncc2)CC1. The van der Waals surface area contributed by atoms with Gasteiger partial charge in [-0.3, -0.25) is 9.78 Å². The Morgan fingerprint density at radius 1 is 1.25 bits per heavy atom. The van der Waals surface area contributed by atoms with Crippen molar-refractivity contribution in [2.24, 2.45) is 5.73 Å². The van der Waals surface area contributed by atoms with E-state index in [1.54, 1.807) is 24.5 Å². The largest absolute Gasteiger partial charge is 0.349 e. The first kappa shape index (κ1) is 16.9. The van der Waals surface area contributed by atoms with Crippen LogP contribution in [0.5, 0.6) is 0 Å². The number of hydrogen-bond acceptors (Lipinski definition) is 3. The lowest BCUT2D eigenvalue weighted by Gasteiger charge is -2.40. The Kier molecular flexibility index (Phi) is 5.17. The molecule has 1 amide bonds.